The zero-order valence-electron chi connectivity index (χ0n) is 12.2. The molecule has 0 saturated carbocycles. The van der Waals surface area contributed by atoms with Gasteiger partial charge in [0, 0.05) is 0 Å². The first-order valence-corrected chi connectivity index (χ1v) is 7.21. The molecule has 0 saturated heterocycles. The molecule has 0 fully saturated rings. The van der Waals surface area contributed by atoms with Gasteiger partial charge in [-0.3, -0.25) is 4.79 Å². The second-order valence-corrected chi connectivity index (χ2v) is 5.17. The lowest BCUT2D eigenvalue weighted by atomic mass is 9.97. The van der Waals surface area contributed by atoms with Gasteiger partial charge in [-0.05, 0) is 17.9 Å². The van der Waals surface area contributed by atoms with Gasteiger partial charge in [-0.2, -0.15) is 0 Å². The number of amides is 1. The molecule has 0 spiro atoms. The summed E-state index contributed by atoms with van der Waals surface area (Å²) in [6.45, 7) is 6.19. The molecule has 3 atom stereocenters. The Morgan fingerprint density at radius 3 is 2.42 bits per heavy atom. The Balaban J connectivity index is 2.71. The van der Waals surface area contributed by atoms with Gasteiger partial charge >= 0.3 is 0 Å². The Labute approximate surface area is 116 Å². The van der Waals surface area contributed by atoms with Gasteiger partial charge in [-0.25, -0.2) is 0 Å². The average molecular weight is 262 g/mol. The minimum absolute atomic E-state index is 0.0448. The SMILES string of the molecule is CCCC(NC(=O)[C@@H](N)C(C)CC)c1ccccc1. The Kier molecular flexibility index (Phi) is 6.57. The van der Waals surface area contributed by atoms with E-state index in [1.54, 1.807) is 0 Å². The zero-order valence-corrected chi connectivity index (χ0v) is 12.2. The molecular weight excluding hydrogens is 236 g/mol. The maximum atomic E-state index is 12.2. The van der Waals surface area contributed by atoms with Crippen molar-refractivity contribution in [2.75, 3.05) is 0 Å². The summed E-state index contributed by atoms with van der Waals surface area (Å²) >= 11 is 0. The fourth-order valence-electron chi connectivity index (χ4n) is 2.08. The highest BCUT2D eigenvalue weighted by atomic mass is 16.2. The largest absolute Gasteiger partial charge is 0.348 e. The maximum absolute atomic E-state index is 12.2. The van der Waals surface area contributed by atoms with E-state index in [1.165, 1.54) is 0 Å². The molecule has 1 rings (SSSR count). The van der Waals surface area contributed by atoms with Gasteiger partial charge in [0.1, 0.15) is 0 Å². The molecule has 2 unspecified atom stereocenters. The zero-order chi connectivity index (χ0) is 14.3. The second-order valence-electron chi connectivity index (χ2n) is 5.17. The van der Waals surface area contributed by atoms with Gasteiger partial charge in [0.05, 0.1) is 12.1 Å². The predicted molar refractivity (Wildman–Crippen MR) is 79.7 cm³/mol. The fraction of sp³-hybridized carbons (Fsp3) is 0.562. The summed E-state index contributed by atoms with van der Waals surface area (Å²) in [6, 6.07) is 9.73. The number of nitrogens with one attached hydrogen (secondary N) is 1. The number of carbonyl (C=O) groups excluding carboxylic acids is 1. The quantitative estimate of drug-likeness (QED) is 0.793. The van der Waals surface area contributed by atoms with Gasteiger partial charge in [0.2, 0.25) is 5.91 Å². The summed E-state index contributed by atoms with van der Waals surface area (Å²) in [7, 11) is 0. The van der Waals surface area contributed by atoms with Gasteiger partial charge in [0.25, 0.3) is 0 Å². The molecule has 1 amide bonds. The Morgan fingerprint density at radius 1 is 1.26 bits per heavy atom. The summed E-state index contributed by atoms with van der Waals surface area (Å²) in [5.74, 6) is 0.162. The van der Waals surface area contributed by atoms with Crippen LogP contribution in [0.4, 0.5) is 0 Å². The highest BCUT2D eigenvalue weighted by Crippen LogP contribution is 2.18. The highest BCUT2D eigenvalue weighted by Gasteiger charge is 2.22. The third kappa shape index (κ3) is 4.67. The van der Waals surface area contributed by atoms with Crippen LogP contribution in [0.25, 0.3) is 0 Å². The van der Waals surface area contributed by atoms with Crippen molar-refractivity contribution in [3.05, 3.63) is 35.9 Å². The molecular formula is C16H26N2O. The smallest absolute Gasteiger partial charge is 0.237 e. The lowest BCUT2D eigenvalue weighted by Crippen LogP contribution is -2.45. The number of nitrogens with two attached hydrogens (primary N) is 1. The minimum atomic E-state index is -0.423. The maximum Gasteiger partial charge on any atom is 0.237 e. The fourth-order valence-corrected chi connectivity index (χ4v) is 2.08. The molecule has 3 nitrogen and oxygen atoms in total. The van der Waals surface area contributed by atoms with Crippen LogP contribution in [0.1, 0.15) is 51.6 Å². The van der Waals surface area contributed by atoms with E-state index in [4.69, 9.17) is 5.73 Å². The Bertz CT molecular complexity index is 378. The van der Waals surface area contributed by atoms with Crippen LogP contribution in [0.3, 0.4) is 0 Å². The molecule has 0 aliphatic heterocycles. The molecule has 106 valence electrons. The minimum Gasteiger partial charge on any atom is -0.348 e. The summed E-state index contributed by atoms with van der Waals surface area (Å²) < 4.78 is 0. The van der Waals surface area contributed by atoms with Crippen LogP contribution >= 0.6 is 0 Å². The third-order valence-electron chi connectivity index (χ3n) is 3.66. The average Bonchev–Trinajstić information content (AvgIpc) is 2.46. The highest BCUT2D eigenvalue weighted by molar-refractivity contribution is 5.82. The monoisotopic (exact) mass is 262 g/mol. The van der Waals surface area contributed by atoms with Crippen molar-refractivity contribution in [1.29, 1.82) is 0 Å². The Hall–Kier alpha value is -1.35. The van der Waals surface area contributed by atoms with Crippen LogP contribution in [0, 0.1) is 5.92 Å². The van der Waals surface area contributed by atoms with Crippen LogP contribution in [0.2, 0.25) is 0 Å². The molecule has 19 heavy (non-hydrogen) atoms. The van der Waals surface area contributed by atoms with Crippen LogP contribution in [-0.4, -0.2) is 11.9 Å². The van der Waals surface area contributed by atoms with Crippen molar-refractivity contribution in [3.63, 3.8) is 0 Å². The van der Waals surface area contributed by atoms with Gasteiger partial charge in [0.15, 0.2) is 0 Å². The van der Waals surface area contributed by atoms with Crippen molar-refractivity contribution in [2.24, 2.45) is 11.7 Å². The van der Waals surface area contributed by atoms with Crippen LogP contribution in [-0.2, 0) is 4.79 Å². The lowest BCUT2D eigenvalue weighted by Gasteiger charge is -2.23. The van der Waals surface area contributed by atoms with Gasteiger partial charge < -0.3 is 11.1 Å². The molecule has 0 heterocycles. The normalized spacial score (nSPS) is 15.6. The van der Waals surface area contributed by atoms with Crippen molar-refractivity contribution < 1.29 is 4.79 Å². The number of hydrogen-bond acceptors (Lipinski definition) is 2. The van der Waals surface area contributed by atoms with E-state index in [9.17, 15) is 4.79 Å². The second kappa shape index (κ2) is 7.95. The molecule has 1 aromatic carbocycles. The van der Waals surface area contributed by atoms with Crippen LogP contribution in [0.5, 0.6) is 0 Å². The number of benzene rings is 1. The molecule has 0 aromatic heterocycles. The molecule has 3 heteroatoms. The lowest BCUT2D eigenvalue weighted by molar-refractivity contribution is -0.124. The number of hydrogen-bond donors (Lipinski definition) is 2. The topological polar surface area (TPSA) is 55.1 Å². The van der Waals surface area contributed by atoms with Crippen molar-refractivity contribution in [2.45, 2.75) is 52.1 Å². The Morgan fingerprint density at radius 2 is 1.89 bits per heavy atom. The predicted octanol–water partition coefficient (Wildman–Crippen LogP) is 3.02. The van der Waals surface area contributed by atoms with E-state index in [0.717, 1.165) is 24.8 Å². The van der Waals surface area contributed by atoms with Gasteiger partial charge in [-0.1, -0.05) is 63.9 Å². The third-order valence-corrected chi connectivity index (χ3v) is 3.66. The summed E-state index contributed by atoms with van der Waals surface area (Å²) in [6.07, 6.45) is 2.87. The molecule has 0 bridgehead atoms. The first-order valence-electron chi connectivity index (χ1n) is 7.21. The summed E-state index contributed by atoms with van der Waals surface area (Å²) in [5, 5.41) is 3.09. The standard InChI is InChI=1S/C16H26N2O/c1-4-9-14(13-10-7-6-8-11-13)18-16(19)15(17)12(3)5-2/h6-8,10-12,14-15H,4-5,9,17H2,1-3H3,(H,18,19)/t12?,14?,15-/m0/s1. The molecule has 0 aliphatic rings. The van der Waals surface area contributed by atoms with E-state index >= 15 is 0 Å². The number of carbonyl (C=O) groups is 1. The molecule has 0 radical (unpaired) electrons. The molecule has 3 N–H and O–H groups in total. The number of rotatable bonds is 7. The van der Waals surface area contributed by atoms with Crippen LogP contribution < -0.4 is 11.1 Å². The van der Waals surface area contributed by atoms with Gasteiger partial charge in [-0.15, -0.1) is 0 Å². The summed E-state index contributed by atoms with van der Waals surface area (Å²) in [5.41, 5.74) is 7.13. The molecule has 1 aromatic rings. The van der Waals surface area contributed by atoms with Crippen molar-refractivity contribution in [1.82, 2.24) is 5.32 Å². The van der Waals surface area contributed by atoms with E-state index in [0.29, 0.717) is 0 Å². The molecule has 0 aliphatic carbocycles. The van der Waals surface area contributed by atoms with Crippen LogP contribution in [0.15, 0.2) is 30.3 Å². The van der Waals surface area contributed by atoms with E-state index in [2.05, 4.69) is 31.3 Å². The van der Waals surface area contributed by atoms with E-state index in [-0.39, 0.29) is 17.9 Å². The van der Waals surface area contributed by atoms with E-state index < -0.39 is 6.04 Å². The van der Waals surface area contributed by atoms with Crippen molar-refractivity contribution in [3.8, 4) is 0 Å². The first-order chi connectivity index (χ1) is 9.10. The first kappa shape index (κ1) is 15.7. The summed E-state index contributed by atoms with van der Waals surface area (Å²) in [4.78, 5) is 12.2. The van der Waals surface area contributed by atoms with E-state index in [1.807, 2.05) is 25.1 Å². The van der Waals surface area contributed by atoms with Crippen molar-refractivity contribution >= 4 is 5.91 Å².